The minimum absolute atomic E-state index is 0.0327. The standard InChI is InChI=1S/C28H34N4O7/c1-6-10-21-23(15-14-20(18(4)33)26(21)35)38-16-9-8-11-24-29-30-31-32(24,7-2)25-22(28(36)37)13-12-17(3)27(25)39-19(5)34/h13-15H,3,6-12,16H2,1-2,4-5H3,(H-,33,35,36,37)/p+1. The number of rotatable bonds is 13. The van der Waals surface area contributed by atoms with Gasteiger partial charge >= 0.3 is 11.9 Å². The number of aliphatic carboxylic acids is 1. The number of phenols is 1. The number of carbonyl (C=O) groups excluding carboxylic acids is 2. The molecule has 0 amide bonds. The number of benzene rings is 1. The maximum atomic E-state index is 12.2. The lowest BCUT2D eigenvalue weighted by atomic mass is 9.95. The first-order valence-corrected chi connectivity index (χ1v) is 13.0. The number of ketones is 1. The molecule has 1 atom stereocenters. The molecule has 0 bridgehead atoms. The molecule has 3 rings (SSSR count). The summed E-state index contributed by atoms with van der Waals surface area (Å²) in [4.78, 5) is 35.8. The number of phenolic OH excluding ortho intramolecular Hbond substituents is 1. The van der Waals surface area contributed by atoms with Gasteiger partial charge in [0.2, 0.25) is 5.70 Å². The molecular formula is C28H35N4O7+. The van der Waals surface area contributed by atoms with Gasteiger partial charge in [0.05, 0.1) is 17.4 Å². The Morgan fingerprint density at radius 1 is 1.13 bits per heavy atom. The highest BCUT2D eigenvalue weighted by molar-refractivity contribution is 5.97. The Labute approximate surface area is 227 Å². The number of Topliss-reactive ketones (excluding diaryl/α,β-unsaturated/α-hetero) is 1. The van der Waals surface area contributed by atoms with Gasteiger partial charge in [-0.3, -0.25) is 9.59 Å². The van der Waals surface area contributed by atoms with Gasteiger partial charge in [-0.2, -0.15) is 0 Å². The zero-order valence-electron chi connectivity index (χ0n) is 22.8. The van der Waals surface area contributed by atoms with Crippen molar-refractivity contribution in [1.29, 1.82) is 0 Å². The average Bonchev–Trinajstić information content (AvgIpc) is 3.29. The molecule has 1 heterocycles. The smallest absolute Gasteiger partial charge is 0.341 e. The maximum Gasteiger partial charge on any atom is 0.341 e. The van der Waals surface area contributed by atoms with Gasteiger partial charge in [-0.1, -0.05) is 35.7 Å². The molecule has 1 unspecified atom stereocenters. The van der Waals surface area contributed by atoms with E-state index in [9.17, 15) is 24.6 Å². The second-order valence-electron chi connectivity index (χ2n) is 9.33. The predicted molar refractivity (Wildman–Crippen MR) is 143 cm³/mol. The lowest BCUT2D eigenvalue weighted by molar-refractivity contribution is -0.808. The molecule has 11 nitrogen and oxygen atoms in total. The third-order valence-electron chi connectivity index (χ3n) is 6.60. The molecule has 39 heavy (non-hydrogen) atoms. The number of unbranched alkanes of at least 4 members (excludes halogenated alkanes) is 1. The predicted octanol–water partition coefficient (Wildman–Crippen LogP) is 5.37. The van der Waals surface area contributed by atoms with E-state index >= 15 is 0 Å². The van der Waals surface area contributed by atoms with Crippen LogP contribution in [0.1, 0.15) is 75.7 Å². The first-order chi connectivity index (χ1) is 18.6. The van der Waals surface area contributed by atoms with Gasteiger partial charge in [0.15, 0.2) is 11.5 Å². The van der Waals surface area contributed by atoms with E-state index in [4.69, 9.17) is 9.47 Å². The Kier molecular flexibility index (Phi) is 9.52. The molecule has 0 fully saturated rings. The largest absolute Gasteiger partial charge is 0.507 e. The third-order valence-corrected chi connectivity index (χ3v) is 6.60. The minimum Gasteiger partial charge on any atom is -0.507 e. The second-order valence-corrected chi connectivity index (χ2v) is 9.33. The van der Waals surface area contributed by atoms with E-state index in [0.717, 1.165) is 6.42 Å². The molecule has 0 saturated carbocycles. The fourth-order valence-electron chi connectivity index (χ4n) is 4.70. The van der Waals surface area contributed by atoms with Crippen LogP contribution in [-0.2, 0) is 20.7 Å². The summed E-state index contributed by atoms with van der Waals surface area (Å²) in [5.41, 5.74) is 1.49. The number of carboxylic acid groups (broad SMARTS) is 1. The van der Waals surface area contributed by atoms with Gasteiger partial charge in [-0.25, -0.2) is 4.79 Å². The number of quaternary nitrogens is 1. The van der Waals surface area contributed by atoms with Crippen LogP contribution in [0.2, 0.25) is 0 Å². The zero-order valence-corrected chi connectivity index (χ0v) is 22.8. The van der Waals surface area contributed by atoms with Gasteiger partial charge in [0.25, 0.3) is 5.84 Å². The Bertz CT molecular complexity index is 1310. The van der Waals surface area contributed by atoms with Crippen molar-refractivity contribution in [2.24, 2.45) is 15.5 Å². The Morgan fingerprint density at radius 3 is 2.49 bits per heavy atom. The van der Waals surface area contributed by atoms with Crippen LogP contribution in [0, 0.1) is 0 Å². The minimum atomic E-state index is -1.18. The van der Waals surface area contributed by atoms with E-state index in [0.29, 0.717) is 61.6 Å². The number of hydrogen-bond donors (Lipinski definition) is 2. The number of ether oxygens (including phenoxy) is 2. The van der Waals surface area contributed by atoms with Crippen molar-refractivity contribution in [2.45, 2.75) is 66.2 Å². The highest BCUT2D eigenvalue weighted by atomic mass is 16.5. The second kappa shape index (κ2) is 12.6. The summed E-state index contributed by atoms with van der Waals surface area (Å²) < 4.78 is 11.1. The Hall–Kier alpha value is -4.12. The van der Waals surface area contributed by atoms with Crippen LogP contribution in [0.25, 0.3) is 0 Å². The van der Waals surface area contributed by atoms with E-state index < -0.39 is 11.9 Å². The molecule has 1 aromatic rings. The lowest BCUT2D eigenvalue weighted by Crippen LogP contribution is -2.48. The highest BCUT2D eigenvalue weighted by Gasteiger charge is 2.50. The molecule has 2 aliphatic rings. The molecule has 1 aromatic carbocycles. The van der Waals surface area contributed by atoms with E-state index in [1.165, 1.54) is 19.9 Å². The monoisotopic (exact) mass is 539 g/mol. The SMILES string of the molecule is C=C1CC=C(C(=O)O)C([N+]2(CC)N=NN=C2CCCCOc2ccc(C(C)=O)c(O)c2CCC)=C1OC(C)=O. The first-order valence-electron chi connectivity index (χ1n) is 13.0. The van der Waals surface area contributed by atoms with Crippen molar-refractivity contribution in [3.63, 3.8) is 0 Å². The fourth-order valence-corrected chi connectivity index (χ4v) is 4.70. The molecule has 0 radical (unpaired) electrons. The summed E-state index contributed by atoms with van der Waals surface area (Å²) in [7, 11) is 0. The topological polar surface area (TPSA) is 147 Å². The number of esters is 1. The van der Waals surface area contributed by atoms with Crippen molar-refractivity contribution in [1.82, 2.24) is 0 Å². The summed E-state index contributed by atoms with van der Waals surface area (Å²) in [5, 5.41) is 32.9. The van der Waals surface area contributed by atoms with Crippen molar-refractivity contribution in [3.05, 3.63) is 58.5 Å². The molecule has 1 aliphatic heterocycles. The Morgan fingerprint density at radius 2 is 1.87 bits per heavy atom. The van der Waals surface area contributed by atoms with Gasteiger partial charge < -0.3 is 19.7 Å². The van der Waals surface area contributed by atoms with Crippen LogP contribution in [0.3, 0.4) is 0 Å². The van der Waals surface area contributed by atoms with Gasteiger partial charge in [-0.15, -0.1) is 0 Å². The third kappa shape index (κ3) is 6.14. The van der Waals surface area contributed by atoms with E-state index in [-0.39, 0.29) is 45.1 Å². The number of hydrogen-bond acceptors (Lipinski definition) is 9. The van der Waals surface area contributed by atoms with Crippen LogP contribution < -0.4 is 4.74 Å². The summed E-state index contributed by atoms with van der Waals surface area (Å²) in [6.07, 6.45) is 4.77. The highest BCUT2D eigenvalue weighted by Crippen LogP contribution is 2.40. The van der Waals surface area contributed by atoms with Gasteiger partial charge in [-0.05, 0) is 57.2 Å². The normalized spacial score (nSPS) is 18.6. The number of likely N-dealkylation sites (N-methyl/N-ethyl adjacent to an activating group) is 1. The summed E-state index contributed by atoms with van der Waals surface area (Å²) >= 11 is 0. The molecule has 11 heteroatoms. The van der Waals surface area contributed by atoms with Crippen molar-refractivity contribution < 1.29 is 38.7 Å². The van der Waals surface area contributed by atoms with Gasteiger partial charge in [0.1, 0.15) is 23.6 Å². The quantitative estimate of drug-likeness (QED) is 0.148. The summed E-state index contributed by atoms with van der Waals surface area (Å²) in [5.74, 6) is -0.895. The first kappa shape index (κ1) is 29.4. The maximum absolute atomic E-state index is 12.2. The molecule has 0 saturated heterocycles. The van der Waals surface area contributed by atoms with Crippen LogP contribution >= 0.6 is 0 Å². The fraction of sp³-hybridized carbons (Fsp3) is 0.429. The molecular weight excluding hydrogens is 504 g/mol. The van der Waals surface area contributed by atoms with Gasteiger partial charge in [0, 0.05) is 24.1 Å². The van der Waals surface area contributed by atoms with Crippen LogP contribution in [-0.4, -0.2) is 51.5 Å². The molecule has 0 aromatic heterocycles. The number of allylic oxidation sites excluding steroid dienone is 2. The summed E-state index contributed by atoms with van der Waals surface area (Å²) in [6.45, 7) is 11.1. The molecule has 2 N–H and O–H groups in total. The van der Waals surface area contributed by atoms with E-state index in [1.807, 2.05) is 13.8 Å². The zero-order chi connectivity index (χ0) is 28.7. The average molecular weight is 540 g/mol. The van der Waals surface area contributed by atoms with Crippen molar-refractivity contribution >= 4 is 23.6 Å². The van der Waals surface area contributed by atoms with Crippen LogP contribution in [0.5, 0.6) is 11.5 Å². The number of aromatic hydroxyl groups is 1. The molecule has 208 valence electrons. The van der Waals surface area contributed by atoms with Crippen molar-refractivity contribution in [3.8, 4) is 11.5 Å². The van der Waals surface area contributed by atoms with Crippen LogP contribution in [0.15, 0.2) is 62.9 Å². The van der Waals surface area contributed by atoms with E-state index in [2.05, 4.69) is 22.1 Å². The molecule has 0 spiro atoms. The number of carbonyl (C=O) groups is 3. The summed E-state index contributed by atoms with van der Waals surface area (Å²) in [6, 6.07) is 3.27. The number of nitrogens with zero attached hydrogens (tertiary/aromatic N) is 4. The Balaban J connectivity index is 1.77. The van der Waals surface area contributed by atoms with Crippen molar-refractivity contribution in [2.75, 3.05) is 13.2 Å². The van der Waals surface area contributed by atoms with E-state index in [1.54, 1.807) is 12.1 Å². The lowest BCUT2D eigenvalue weighted by Gasteiger charge is -2.31. The molecule has 1 aliphatic carbocycles. The van der Waals surface area contributed by atoms with Crippen LogP contribution in [0.4, 0.5) is 0 Å². The number of carboxylic acids is 1. The number of amidine groups is 1.